The summed E-state index contributed by atoms with van der Waals surface area (Å²) in [5.74, 6) is -0.717. The minimum absolute atomic E-state index is 0.00629. The summed E-state index contributed by atoms with van der Waals surface area (Å²) in [5.41, 5.74) is 5.53. The minimum atomic E-state index is -0.802. The van der Waals surface area contributed by atoms with Crippen molar-refractivity contribution in [3.63, 3.8) is 0 Å². The lowest BCUT2D eigenvalue weighted by atomic mass is 10.1. The zero-order valence-electron chi connectivity index (χ0n) is 10.8. The fourth-order valence-corrected chi connectivity index (χ4v) is 2.24. The largest absolute Gasteiger partial charge is 0.481 e. The zero-order valence-corrected chi connectivity index (χ0v) is 10.8. The highest BCUT2D eigenvalue weighted by Crippen LogP contribution is 2.20. The fourth-order valence-electron chi connectivity index (χ4n) is 2.24. The van der Waals surface area contributed by atoms with E-state index in [2.05, 4.69) is 0 Å². The summed E-state index contributed by atoms with van der Waals surface area (Å²) in [6.45, 7) is 3.91. The Kier molecular flexibility index (Phi) is 6.07. The SMILES string of the molecule is CCOC(CN)CC(=O)N1CCC(CC(=O)O)C1. The standard InChI is InChI=1S/C12H22N2O4/c1-2-18-10(7-13)6-11(15)14-4-3-9(8-14)5-12(16)17/h9-10H,2-8,13H2,1H3,(H,16,17). The Hall–Kier alpha value is -1.14. The summed E-state index contributed by atoms with van der Waals surface area (Å²) in [5, 5.41) is 8.71. The summed E-state index contributed by atoms with van der Waals surface area (Å²) in [6, 6.07) is 0. The first-order valence-electron chi connectivity index (χ1n) is 6.38. The number of carboxylic acid groups (broad SMARTS) is 1. The molecule has 2 atom stereocenters. The van der Waals surface area contributed by atoms with Crippen molar-refractivity contribution in [3.8, 4) is 0 Å². The van der Waals surface area contributed by atoms with Gasteiger partial charge in [-0.1, -0.05) is 0 Å². The van der Waals surface area contributed by atoms with Gasteiger partial charge in [-0.3, -0.25) is 9.59 Å². The van der Waals surface area contributed by atoms with Crippen LogP contribution < -0.4 is 5.73 Å². The van der Waals surface area contributed by atoms with Gasteiger partial charge in [0.15, 0.2) is 0 Å². The van der Waals surface area contributed by atoms with E-state index in [-0.39, 0.29) is 30.8 Å². The van der Waals surface area contributed by atoms with Gasteiger partial charge in [0.25, 0.3) is 0 Å². The van der Waals surface area contributed by atoms with Crippen LogP contribution in [0.2, 0.25) is 0 Å². The number of nitrogens with two attached hydrogens (primary N) is 1. The number of likely N-dealkylation sites (tertiary alicyclic amines) is 1. The average Bonchev–Trinajstić information content (AvgIpc) is 2.76. The molecule has 0 aliphatic carbocycles. The van der Waals surface area contributed by atoms with Crippen LogP contribution in [0, 0.1) is 5.92 Å². The molecule has 1 rings (SSSR count). The van der Waals surface area contributed by atoms with Gasteiger partial charge in [0.05, 0.1) is 12.5 Å². The Morgan fingerprint density at radius 3 is 2.83 bits per heavy atom. The Morgan fingerprint density at radius 1 is 1.56 bits per heavy atom. The lowest BCUT2D eigenvalue weighted by molar-refractivity contribution is -0.138. The topological polar surface area (TPSA) is 92.9 Å². The summed E-state index contributed by atoms with van der Waals surface area (Å²) < 4.78 is 5.35. The molecular weight excluding hydrogens is 236 g/mol. The van der Waals surface area contributed by atoms with Crippen LogP contribution in [0.4, 0.5) is 0 Å². The molecular formula is C12H22N2O4. The van der Waals surface area contributed by atoms with Crippen LogP contribution in [0.1, 0.15) is 26.2 Å². The van der Waals surface area contributed by atoms with E-state index >= 15 is 0 Å². The second-order valence-electron chi connectivity index (χ2n) is 4.61. The van der Waals surface area contributed by atoms with Crippen LogP contribution in [-0.2, 0) is 14.3 Å². The van der Waals surface area contributed by atoms with E-state index in [1.807, 2.05) is 6.92 Å². The van der Waals surface area contributed by atoms with E-state index in [0.29, 0.717) is 26.2 Å². The van der Waals surface area contributed by atoms with Crippen LogP contribution in [0.5, 0.6) is 0 Å². The van der Waals surface area contributed by atoms with Gasteiger partial charge >= 0.3 is 5.97 Å². The summed E-state index contributed by atoms with van der Waals surface area (Å²) in [4.78, 5) is 24.3. The first kappa shape index (κ1) is 14.9. The number of carboxylic acids is 1. The summed E-state index contributed by atoms with van der Waals surface area (Å²) >= 11 is 0. The molecule has 0 saturated carbocycles. The number of hydrogen-bond acceptors (Lipinski definition) is 4. The zero-order chi connectivity index (χ0) is 13.5. The predicted octanol–water partition coefficient (Wildman–Crippen LogP) is 0.0635. The molecule has 1 saturated heterocycles. The van der Waals surface area contributed by atoms with E-state index in [1.165, 1.54) is 0 Å². The van der Waals surface area contributed by atoms with Crippen molar-refractivity contribution in [1.82, 2.24) is 4.90 Å². The Bertz CT molecular complexity index is 296. The van der Waals surface area contributed by atoms with Crippen LogP contribution in [-0.4, -0.2) is 54.2 Å². The molecule has 1 heterocycles. The maximum absolute atomic E-state index is 12.0. The van der Waals surface area contributed by atoms with Crippen molar-refractivity contribution < 1.29 is 19.4 Å². The number of carbonyl (C=O) groups excluding carboxylic acids is 1. The van der Waals surface area contributed by atoms with Crippen molar-refractivity contribution >= 4 is 11.9 Å². The number of rotatable bonds is 7. The molecule has 0 aromatic rings. The van der Waals surface area contributed by atoms with Gasteiger partial charge in [-0.25, -0.2) is 0 Å². The van der Waals surface area contributed by atoms with Crippen LogP contribution in [0.15, 0.2) is 0 Å². The Morgan fingerprint density at radius 2 is 2.28 bits per heavy atom. The number of nitrogens with zero attached hydrogens (tertiary/aromatic N) is 1. The molecule has 1 fully saturated rings. The molecule has 0 aromatic carbocycles. The van der Waals surface area contributed by atoms with Crippen molar-refractivity contribution in [2.24, 2.45) is 11.7 Å². The lowest BCUT2D eigenvalue weighted by Gasteiger charge is -2.20. The predicted molar refractivity (Wildman–Crippen MR) is 66.0 cm³/mol. The highest BCUT2D eigenvalue weighted by atomic mass is 16.5. The number of aliphatic carboxylic acids is 1. The molecule has 0 aromatic heterocycles. The molecule has 2 unspecified atom stereocenters. The maximum Gasteiger partial charge on any atom is 0.303 e. The molecule has 0 spiro atoms. The third kappa shape index (κ3) is 4.62. The number of carbonyl (C=O) groups is 2. The Balaban J connectivity index is 2.37. The second-order valence-corrected chi connectivity index (χ2v) is 4.61. The van der Waals surface area contributed by atoms with E-state index in [9.17, 15) is 9.59 Å². The molecule has 1 aliphatic rings. The highest BCUT2D eigenvalue weighted by Gasteiger charge is 2.28. The number of amides is 1. The first-order chi connectivity index (χ1) is 8.56. The van der Waals surface area contributed by atoms with E-state index in [1.54, 1.807) is 4.90 Å². The van der Waals surface area contributed by atoms with Crippen LogP contribution in [0.3, 0.4) is 0 Å². The quantitative estimate of drug-likeness (QED) is 0.673. The van der Waals surface area contributed by atoms with Gasteiger partial charge in [-0.2, -0.15) is 0 Å². The summed E-state index contributed by atoms with van der Waals surface area (Å²) in [6.07, 6.45) is 0.945. The average molecular weight is 258 g/mol. The third-order valence-corrected chi connectivity index (χ3v) is 3.17. The van der Waals surface area contributed by atoms with Gasteiger partial charge in [-0.15, -0.1) is 0 Å². The van der Waals surface area contributed by atoms with Gasteiger partial charge in [0, 0.05) is 32.7 Å². The smallest absolute Gasteiger partial charge is 0.303 e. The Labute approximate surface area is 107 Å². The van der Waals surface area contributed by atoms with Crippen molar-refractivity contribution in [2.75, 3.05) is 26.2 Å². The highest BCUT2D eigenvalue weighted by molar-refractivity contribution is 5.77. The fraction of sp³-hybridized carbons (Fsp3) is 0.833. The third-order valence-electron chi connectivity index (χ3n) is 3.17. The molecule has 1 amide bonds. The molecule has 3 N–H and O–H groups in total. The normalized spacial score (nSPS) is 21.0. The van der Waals surface area contributed by atoms with Crippen LogP contribution >= 0.6 is 0 Å². The maximum atomic E-state index is 12.0. The lowest BCUT2D eigenvalue weighted by Crippen LogP contribution is -2.35. The number of ether oxygens (including phenoxy) is 1. The van der Waals surface area contributed by atoms with Gasteiger partial charge in [-0.05, 0) is 19.3 Å². The van der Waals surface area contributed by atoms with Crippen molar-refractivity contribution in [1.29, 1.82) is 0 Å². The molecule has 6 heteroatoms. The minimum Gasteiger partial charge on any atom is -0.481 e. The first-order valence-corrected chi connectivity index (χ1v) is 6.38. The summed E-state index contributed by atoms with van der Waals surface area (Å²) in [7, 11) is 0. The van der Waals surface area contributed by atoms with Gasteiger partial charge < -0.3 is 20.5 Å². The molecule has 6 nitrogen and oxygen atoms in total. The van der Waals surface area contributed by atoms with E-state index < -0.39 is 5.97 Å². The van der Waals surface area contributed by atoms with Crippen molar-refractivity contribution in [3.05, 3.63) is 0 Å². The van der Waals surface area contributed by atoms with Gasteiger partial charge in [0.2, 0.25) is 5.91 Å². The monoisotopic (exact) mass is 258 g/mol. The second kappa shape index (κ2) is 7.33. The van der Waals surface area contributed by atoms with E-state index in [0.717, 1.165) is 6.42 Å². The van der Waals surface area contributed by atoms with Gasteiger partial charge in [0.1, 0.15) is 0 Å². The van der Waals surface area contributed by atoms with Crippen LogP contribution in [0.25, 0.3) is 0 Å². The molecule has 18 heavy (non-hydrogen) atoms. The molecule has 1 aliphatic heterocycles. The van der Waals surface area contributed by atoms with Crippen molar-refractivity contribution in [2.45, 2.75) is 32.3 Å². The molecule has 0 bridgehead atoms. The number of hydrogen-bond donors (Lipinski definition) is 2. The molecule has 104 valence electrons. The van der Waals surface area contributed by atoms with E-state index in [4.69, 9.17) is 15.6 Å². The molecule has 0 radical (unpaired) electrons.